The molecule has 0 radical (unpaired) electrons. The first kappa shape index (κ1) is 20.3. The third-order valence-corrected chi connectivity index (χ3v) is 6.07. The number of nitrogens with zero attached hydrogens (tertiary/aromatic N) is 2. The molecule has 1 N–H and O–H groups in total. The summed E-state index contributed by atoms with van der Waals surface area (Å²) in [4.78, 5) is 6.96. The van der Waals surface area contributed by atoms with Crippen molar-refractivity contribution in [2.45, 2.75) is 12.2 Å². The van der Waals surface area contributed by atoms with Gasteiger partial charge in [-0.1, -0.05) is 30.0 Å². The van der Waals surface area contributed by atoms with E-state index in [-0.39, 0.29) is 0 Å². The van der Waals surface area contributed by atoms with Crippen LogP contribution in [0.5, 0.6) is 11.5 Å². The van der Waals surface area contributed by atoms with Gasteiger partial charge in [0.05, 0.1) is 27.6 Å². The van der Waals surface area contributed by atoms with Crippen molar-refractivity contribution in [3.63, 3.8) is 0 Å². The maximum absolute atomic E-state index is 5.38. The maximum Gasteiger partial charge on any atom is 0.160 e. The maximum atomic E-state index is 5.38. The predicted molar refractivity (Wildman–Crippen MR) is 121 cm³/mol. The molecule has 7 heteroatoms. The molecule has 1 heterocycles. The van der Waals surface area contributed by atoms with E-state index in [2.05, 4.69) is 68.1 Å². The summed E-state index contributed by atoms with van der Waals surface area (Å²) in [7, 11) is 3.32. The largest absolute Gasteiger partial charge is 0.493 e. The van der Waals surface area contributed by atoms with E-state index in [9.17, 15) is 0 Å². The fraction of sp³-hybridized carbons (Fsp3) is 0.350. The highest BCUT2D eigenvalue weighted by atomic mass is 127. The lowest BCUT2D eigenvalue weighted by molar-refractivity contribution is 0.270. The number of aliphatic imine (C=N–C) groups is 1. The van der Waals surface area contributed by atoms with Crippen LogP contribution in [0, 0.1) is 3.57 Å². The van der Waals surface area contributed by atoms with Crippen LogP contribution in [0.15, 0.2) is 47.5 Å². The summed E-state index contributed by atoms with van der Waals surface area (Å²) in [6, 6.07) is 14.7. The van der Waals surface area contributed by atoms with E-state index >= 15 is 0 Å². The topological polar surface area (TPSA) is 46.1 Å². The van der Waals surface area contributed by atoms with Gasteiger partial charge in [0.1, 0.15) is 0 Å². The number of ether oxygens (including phenoxy) is 2. The zero-order valence-electron chi connectivity index (χ0n) is 15.6. The smallest absolute Gasteiger partial charge is 0.160 e. The molecule has 144 valence electrons. The van der Waals surface area contributed by atoms with Crippen LogP contribution in [-0.4, -0.2) is 44.2 Å². The van der Waals surface area contributed by atoms with Crippen molar-refractivity contribution in [1.82, 2.24) is 10.2 Å². The molecule has 0 saturated carbocycles. The van der Waals surface area contributed by atoms with Gasteiger partial charge in [0.25, 0.3) is 0 Å². The molecule has 0 fully saturated rings. The first-order valence-corrected chi connectivity index (χ1v) is 10.8. The van der Waals surface area contributed by atoms with E-state index in [1.165, 1.54) is 14.7 Å². The van der Waals surface area contributed by atoms with Gasteiger partial charge in [0.15, 0.2) is 16.7 Å². The summed E-state index contributed by atoms with van der Waals surface area (Å²) < 4.78 is 11.9. The van der Waals surface area contributed by atoms with Crippen molar-refractivity contribution < 1.29 is 9.47 Å². The monoisotopic (exact) mass is 497 g/mol. The molecule has 0 atom stereocenters. The number of halogens is 1. The van der Waals surface area contributed by atoms with Crippen molar-refractivity contribution in [2.24, 2.45) is 4.99 Å². The molecule has 0 aromatic heterocycles. The van der Waals surface area contributed by atoms with Crippen molar-refractivity contribution in [3.05, 3.63) is 57.2 Å². The van der Waals surface area contributed by atoms with Crippen LogP contribution in [0.25, 0.3) is 0 Å². The van der Waals surface area contributed by atoms with Gasteiger partial charge in [-0.25, -0.2) is 4.99 Å². The molecule has 0 amide bonds. The van der Waals surface area contributed by atoms with Crippen LogP contribution in [0.3, 0.4) is 0 Å². The number of hydrogen-bond donors (Lipinski definition) is 1. The number of thioether (sulfide) groups is 1. The fourth-order valence-corrected chi connectivity index (χ4v) is 3.92. The molecule has 0 aliphatic carbocycles. The number of benzene rings is 2. The van der Waals surface area contributed by atoms with Gasteiger partial charge >= 0.3 is 0 Å². The molecule has 1 aliphatic rings. The van der Waals surface area contributed by atoms with E-state index in [4.69, 9.17) is 9.47 Å². The predicted octanol–water partition coefficient (Wildman–Crippen LogP) is 3.96. The average Bonchev–Trinajstić information content (AvgIpc) is 2.72. The second-order valence-electron chi connectivity index (χ2n) is 6.19. The normalized spacial score (nSPS) is 14.4. The van der Waals surface area contributed by atoms with Crippen LogP contribution in [0.1, 0.15) is 11.1 Å². The summed E-state index contributed by atoms with van der Waals surface area (Å²) in [5.74, 6) is 2.48. The summed E-state index contributed by atoms with van der Waals surface area (Å²) in [6.45, 7) is 2.50. The molecular formula is C20H24IN3O2S. The molecule has 27 heavy (non-hydrogen) atoms. The van der Waals surface area contributed by atoms with E-state index in [0.29, 0.717) is 0 Å². The summed E-state index contributed by atoms with van der Waals surface area (Å²) in [5.41, 5.74) is 2.55. The van der Waals surface area contributed by atoms with Gasteiger partial charge in [-0.2, -0.15) is 0 Å². The Bertz CT molecular complexity index is 783. The molecule has 5 nitrogen and oxygen atoms in total. The highest BCUT2D eigenvalue weighted by molar-refractivity contribution is 14.1. The van der Waals surface area contributed by atoms with Gasteiger partial charge < -0.3 is 14.8 Å². The Morgan fingerprint density at radius 2 is 1.81 bits per heavy atom. The molecule has 2 aromatic rings. The molecular weight excluding hydrogens is 473 g/mol. The quantitative estimate of drug-likeness (QED) is 0.587. The standard InChI is InChI=1S/C20H24IN3O2S/c1-25-18-8-5-15(11-19(18)26-2)9-10-24-13-22-20(23-14-24)27-12-16-3-6-17(21)7-4-16/h3-8,11H,9-10,12-14H2,1-2H3,(H,22,23). The second kappa shape index (κ2) is 10.2. The zero-order chi connectivity index (χ0) is 19.1. The van der Waals surface area contributed by atoms with Crippen LogP contribution in [-0.2, 0) is 12.2 Å². The third kappa shape index (κ3) is 6.02. The Labute approximate surface area is 178 Å². The lowest BCUT2D eigenvalue weighted by Crippen LogP contribution is -2.42. The van der Waals surface area contributed by atoms with E-state index < -0.39 is 0 Å². The average molecular weight is 497 g/mol. The summed E-state index contributed by atoms with van der Waals surface area (Å²) in [5, 5.41) is 4.44. The van der Waals surface area contributed by atoms with E-state index in [1.807, 2.05) is 12.1 Å². The van der Waals surface area contributed by atoms with Crippen LogP contribution < -0.4 is 14.8 Å². The van der Waals surface area contributed by atoms with Crippen molar-refractivity contribution >= 4 is 39.5 Å². The van der Waals surface area contributed by atoms with Crippen molar-refractivity contribution in [1.29, 1.82) is 0 Å². The van der Waals surface area contributed by atoms with Gasteiger partial charge in [0, 0.05) is 15.9 Å². The van der Waals surface area contributed by atoms with E-state index in [1.54, 1.807) is 26.0 Å². The molecule has 0 spiro atoms. The Morgan fingerprint density at radius 1 is 1.07 bits per heavy atom. The van der Waals surface area contributed by atoms with Crippen LogP contribution in [0.4, 0.5) is 0 Å². The summed E-state index contributed by atoms with van der Waals surface area (Å²) >= 11 is 4.09. The summed E-state index contributed by atoms with van der Waals surface area (Å²) in [6.07, 6.45) is 0.947. The zero-order valence-corrected chi connectivity index (χ0v) is 18.5. The first-order valence-electron chi connectivity index (χ1n) is 8.77. The fourth-order valence-electron chi connectivity index (χ4n) is 2.75. The molecule has 0 bridgehead atoms. The van der Waals surface area contributed by atoms with Gasteiger partial charge in [-0.3, -0.25) is 4.90 Å². The Morgan fingerprint density at radius 3 is 2.48 bits per heavy atom. The number of hydrogen-bond acceptors (Lipinski definition) is 6. The number of rotatable bonds is 7. The van der Waals surface area contributed by atoms with Crippen LogP contribution in [0.2, 0.25) is 0 Å². The number of nitrogens with one attached hydrogen (secondary N) is 1. The first-order chi connectivity index (χ1) is 13.2. The molecule has 3 rings (SSSR count). The van der Waals surface area contributed by atoms with E-state index in [0.717, 1.165) is 48.7 Å². The van der Waals surface area contributed by atoms with Gasteiger partial charge in [-0.15, -0.1) is 0 Å². The minimum atomic E-state index is 0.731. The molecule has 2 aromatic carbocycles. The second-order valence-corrected chi connectivity index (χ2v) is 8.40. The lowest BCUT2D eigenvalue weighted by atomic mass is 10.1. The lowest BCUT2D eigenvalue weighted by Gasteiger charge is -2.26. The minimum absolute atomic E-state index is 0.731. The van der Waals surface area contributed by atoms with Crippen molar-refractivity contribution in [3.8, 4) is 11.5 Å². The Kier molecular flexibility index (Phi) is 7.66. The van der Waals surface area contributed by atoms with Gasteiger partial charge in [-0.05, 0) is 64.4 Å². The highest BCUT2D eigenvalue weighted by Gasteiger charge is 2.13. The molecule has 0 unspecified atom stereocenters. The Balaban J connectivity index is 1.45. The van der Waals surface area contributed by atoms with Crippen LogP contribution >= 0.6 is 34.4 Å². The third-order valence-electron chi connectivity index (χ3n) is 4.32. The number of methoxy groups -OCH3 is 2. The highest BCUT2D eigenvalue weighted by Crippen LogP contribution is 2.27. The minimum Gasteiger partial charge on any atom is -0.493 e. The van der Waals surface area contributed by atoms with Crippen molar-refractivity contribution in [2.75, 3.05) is 34.1 Å². The molecule has 0 saturated heterocycles. The SMILES string of the molecule is COc1ccc(CCN2CN=C(SCc3ccc(I)cc3)NC2)cc1OC. The van der Waals surface area contributed by atoms with Gasteiger partial charge in [0.2, 0.25) is 0 Å². The molecule has 1 aliphatic heterocycles. The number of amidine groups is 1. The Hall–Kier alpha value is -1.45.